The molecule has 3 rings (SSSR count). The summed E-state index contributed by atoms with van der Waals surface area (Å²) in [7, 11) is -0.961. The third-order valence-corrected chi connectivity index (χ3v) is 6.68. The first-order valence-corrected chi connectivity index (χ1v) is 12.8. The van der Waals surface area contributed by atoms with Gasteiger partial charge in [-0.05, 0) is 30.6 Å². The fourth-order valence-electron chi connectivity index (χ4n) is 3.40. The van der Waals surface area contributed by atoms with Gasteiger partial charge in [0.25, 0.3) is 0 Å². The second kappa shape index (κ2) is 7.06. The van der Waals surface area contributed by atoms with E-state index in [-0.39, 0.29) is 0 Å². The van der Waals surface area contributed by atoms with E-state index in [0.717, 1.165) is 6.54 Å². The normalized spacial score (nSPS) is 23.8. The van der Waals surface area contributed by atoms with E-state index >= 15 is 0 Å². The fraction of sp³-hybridized carbons (Fsp3) is 0.409. The molecule has 2 aliphatic rings. The molecule has 0 saturated carbocycles. The van der Waals surface area contributed by atoms with Crippen LogP contribution in [0.4, 0.5) is 0 Å². The number of hydrogen-bond donors (Lipinski definition) is 0. The Labute approximate surface area is 147 Å². The number of rotatable bonds is 5. The van der Waals surface area contributed by atoms with Crippen molar-refractivity contribution in [2.45, 2.75) is 39.0 Å². The van der Waals surface area contributed by atoms with Gasteiger partial charge in [0.05, 0.1) is 0 Å². The van der Waals surface area contributed by atoms with Gasteiger partial charge in [-0.3, -0.25) is 4.99 Å². The van der Waals surface area contributed by atoms with Crippen molar-refractivity contribution in [1.82, 2.24) is 0 Å². The Bertz CT molecular complexity index is 701. The molecule has 1 aliphatic heterocycles. The first-order chi connectivity index (χ1) is 11.4. The summed E-state index contributed by atoms with van der Waals surface area (Å²) >= 11 is 0. The standard InChI is InChI=1S/C22H29NSi/c1-17(12-13-24(2,3)4)14-22-21-11-10-19(15-20(21)16-23-22)18-8-6-5-7-9-18/h5-11,14-15,20-21H,12-13,16H2,1-4H3/b17-14-. The molecule has 0 bridgehead atoms. The van der Waals surface area contributed by atoms with E-state index in [9.17, 15) is 0 Å². The second-order valence-corrected chi connectivity index (χ2v) is 14.0. The van der Waals surface area contributed by atoms with Gasteiger partial charge in [0.1, 0.15) is 0 Å². The Morgan fingerprint density at radius 3 is 2.67 bits per heavy atom. The van der Waals surface area contributed by atoms with E-state index in [4.69, 9.17) is 4.99 Å². The number of hydrogen-bond acceptors (Lipinski definition) is 1. The first-order valence-electron chi connectivity index (χ1n) is 9.09. The van der Waals surface area contributed by atoms with Gasteiger partial charge in [-0.15, -0.1) is 0 Å². The number of allylic oxidation sites excluding steroid dienone is 5. The summed E-state index contributed by atoms with van der Waals surface area (Å²) in [6.45, 7) is 10.5. The molecule has 0 saturated heterocycles. The minimum absolute atomic E-state index is 0.472. The Morgan fingerprint density at radius 1 is 1.21 bits per heavy atom. The van der Waals surface area contributed by atoms with Crippen molar-refractivity contribution in [3.8, 4) is 0 Å². The fourth-order valence-corrected chi connectivity index (χ4v) is 4.55. The number of fused-ring (bicyclic) bond motifs is 1. The van der Waals surface area contributed by atoms with Crippen LogP contribution in [0.15, 0.2) is 65.2 Å². The van der Waals surface area contributed by atoms with Crippen LogP contribution >= 0.6 is 0 Å². The molecule has 1 aromatic carbocycles. The van der Waals surface area contributed by atoms with Crippen molar-refractivity contribution >= 4 is 19.4 Å². The lowest BCUT2D eigenvalue weighted by Crippen LogP contribution is -2.19. The average Bonchev–Trinajstić information content (AvgIpc) is 2.95. The predicted octanol–water partition coefficient (Wildman–Crippen LogP) is 6.00. The van der Waals surface area contributed by atoms with Crippen molar-refractivity contribution in [1.29, 1.82) is 0 Å². The van der Waals surface area contributed by atoms with E-state index < -0.39 is 8.07 Å². The molecule has 24 heavy (non-hydrogen) atoms. The highest BCUT2D eigenvalue weighted by Crippen LogP contribution is 2.34. The molecule has 1 nitrogen and oxygen atoms in total. The van der Waals surface area contributed by atoms with Crippen LogP contribution < -0.4 is 0 Å². The second-order valence-electron chi connectivity index (χ2n) is 8.35. The van der Waals surface area contributed by atoms with Crippen LogP contribution in [0, 0.1) is 11.8 Å². The zero-order chi connectivity index (χ0) is 17.2. The van der Waals surface area contributed by atoms with E-state index in [2.05, 4.69) is 81.2 Å². The lowest BCUT2D eigenvalue weighted by molar-refractivity contribution is 0.637. The highest BCUT2D eigenvalue weighted by atomic mass is 28.3. The Balaban J connectivity index is 1.68. The highest BCUT2D eigenvalue weighted by molar-refractivity contribution is 6.76. The van der Waals surface area contributed by atoms with Gasteiger partial charge < -0.3 is 0 Å². The van der Waals surface area contributed by atoms with Crippen molar-refractivity contribution < 1.29 is 0 Å². The summed E-state index contributed by atoms with van der Waals surface area (Å²) in [6, 6.07) is 12.0. The maximum absolute atomic E-state index is 4.85. The molecule has 0 amide bonds. The van der Waals surface area contributed by atoms with Gasteiger partial charge in [0.2, 0.25) is 0 Å². The summed E-state index contributed by atoms with van der Waals surface area (Å²) in [5.74, 6) is 1.00. The molecule has 2 heteroatoms. The molecule has 0 N–H and O–H groups in total. The van der Waals surface area contributed by atoms with Gasteiger partial charge in [-0.2, -0.15) is 0 Å². The van der Waals surface area contributed by atoms with Crippen LogP contribution in [0.1, 0.15) is 18.9 Å². The summed E-state index contributed by atoms with van der Waals surface area (Å²) in [5.41, 5.74) is 5.42. The topological polar surface area (TPSA) is 12.4 Å². The summed E-state index contributed by atoms with van der Waals surface area (Å²) < 4.78 is 0. The van der Waals surface area contributed by atoms with Crippen LogP contribution in [-0.2, 0) is 0 Å². The smallest absolute Gasteiger partial charge is 0.0465 e. The lowest BCUT2D eigenvalue weighted by Gasteiger charge is -2.20. The molecule has 1 heterocycles. The zero-order valence-corrected chi connectivity index (χ0v) is 16.4. The molecule has 1 aromatic rings. The lowest BCUT2D eigenvalue weighted by atomic mass is 9.83. The third-order valence-electron chi connectivity index (χ3n) is 4.93. The zero-order valence-electron chi connectivity index (χ0n) is 15.4. The number of nitrogens with zero attached hydrogens (tertiary/aromatic N) is 1. The van der Waals surface area contributed by atoms with Gasteiger partial charge >= 0.3 is 0 Å². The predicted molar refractivity (Wildman–Crippen MR) is 109 cm³/mol. The van der Waals surface area contributed by atoms with Crippen molar-refractivity contribution in [3.05, 3.63) is 65.8 Å². The number of benzene rings is 1. The van der Waals surface area contributed by atoms with Gasteiger partial charge in [0.15, 0.2) is 0 Å². The summed E-state index contributed by atoms with van der Waals surface area (Å²) in [5, 5.41) is 0. The molecule has 0 aromatic heterocycles. The van der Waals surface area contributed by atoms with Crippen molar-refractivity contribution in [2.75, 3.05) is 6.54 Å². The van der Waals surface area contributed by atoms with E-state index in [0.29, 0.717) is 11.8 Å². The van der Waals surface area contributed by atoms with Crippen LogP contribution in [0.25, 0.3) is 5.57 Å². The van der Waals surface area contributed by atoms with Gasteiger partial charge in [0, 0.05) is 32.2 Å². The quantitative estimate of drug-likeness (QED) is 0.585. The summed E-state index contributed by atoms with van der Waals surface area (Å²) in [6.07, 6.45) is 10.6. The molecule has 2 unspecified atom stereocenters. The monoisotopic (exact) mass is 335 g/mol. The maximum Gasteiger partial charge on any atom is 0.0465 e. The molecule has 1 aliphatic carbocycles. The Morgan fingerprint density at radius 2 is 1.96 bits per heavy atom. The molecule has 0 spiro atoms. The minimum Gasteiger partial charge on any atom is -0.288 e. The SMILES string of the molecule is C/C(=C/C1=NCC2C=C(c3ccccc3)C=CC12)CC[Si](C)(C)C. The van der Waals surface area contributed by atoms with E-state index in [1.165, 1.54) is 34.9 Å². The van der Waals surface area contributed by atoms with Crippen LogP contribution in [0.5, 0.6) is 0 Å². The highest BCUT2D eigenvalue weighted by Gasteiger charge is 2.29. The van der Waals surface area contributed by atoms with Crippen LogP contribution in [0.3, 0.4) is 0 Å². The molecular weight excluding hydrogens is 306 g/mol. The van der Waals surface area contributed by atoms with E-state index in [1.54, 1.807) is 0 Å². The Hall–Kier alpha value is -1.67. The largest absolute Gasteiger partial charge is 0.288 e. The van der Waals surface area contributed by atoms with Crippen molar-refractivity contribution in [3.63, 3.8) is 0 Å². The molecule has 2 atom stereocenters. The minimum atomic E-state index is -0.961. The van der Waals surface area contributed by atoms with Crippen LogP contribution in [0.2, 0.25) is 25.7 Å². The molecule has 0 radical (unpaired) electrons. The average molecular weight is 336 g/mol. The van der Waals surface area contributed by atoms with Gasteiger partial charge in [-0.1, -0.05) is 79.8 Å². The van der Waals surface area contributed by atoms with Gasteiger partial charge in [-0.25, -0.2) is 0 Å². The summed E-state index contributed by atoms with van der Waals surface area (Å²) in [4.78, 5) is 4.85. The first kappa shape index (κ1) is 17.2. The van der Waals surface area contributed by atoms with Crippen molar-refractivity contribution in [2.24, 2.45) is 16.8 Å². The Kier molecular flexibility index (Phi) is 5.05. The van der Waals surface area contributed by atoms with Crippen LogP contribution in [-0.4, -0.2) is 20.3 Å². The number of aliphatic imine (C=N–C) groups is 1. The van der Waals surface area contributed by atoms with E-state index in [1.807, 2.05) is 0 Å². The molecular formula is C22H29NSi. The maximum atomic E-state index is 4.85. The molecule has 0 fully saturated rings. The third kappa shape index (κ3) is 4.24. The molecule has 126 valence electrons.